The van der Waals surface area contributed by atoms with E-state index in [1.54, 1.807) is 6.07 Å². The first-order valence-corrected chi connectivity index (χ1v) is 11.5. The quantitative estimate of drug-likeness (QED) is 0.436. The number of rotatable bonds is 8. The summed E-state index contributed by atoms with van der Waals surface area (Å²) in [5.74, 6) is 0.857. The second-order valence-corrected chi connectivity index (χ2v) is 9.90. The smallest absolute Gasteiger partial charge is 0.301 e. The molecule has 0 unspecified atom stereocenters. The fourth-order valence-corrected chi connectivity index (χ4v) is 4.28. The molecule has 2 heterocycles. The van der Waals surface area contributed by atoms with E-state index in [0.717, 1.165) is 57.0 Å². The molecule has 31 heavy (non-hydrogen) atoms. The Morgan fingerprint density at radius 1 is 1.13 bits per heavy atom. The number of benzene rings is 2. The molecule has 8 nitrogen and oxygen atoms in total. The molecule has 0 spiro atoms. The number of fused-ring (bicyclic) bond motifs is 2. The molecule has 0 aliphatic heterocycles. The fourth-order valence-electron chi connectivity index (χ4n) is 3.67. The number of likely N-dealkylation sites (N-methyl/N-ethyl adjacent to an activating group) is 1. The highest BCUT2D eigenvalue weighted by atomic mass is 32.2. The second-order valence-electron chi connectivity index (χ2n) is 8.02. The second kappa shape index (κ2) is 8.33. The third kappa shape index (κ3) is 4.58. The maximum atomic E-state index is 12.2. The minimum Gasteiger partial charge on any atom is -0.461 e. The highest BCUT2D eigenvalue weighted by Crippen LogP contribution is 2.29. The topological polar surface area (TPSA) is 94.5 Å². The summed E-state index contributed by atoms with van der Waals surface area (Å²) >= 11 is 0. The van der Waals surface area contributed by atoms with Gasteiger partial charge in [0.05, 0.1) is 17.4 Å². The highest BCUT2D eigenvalue weighted by molar-refractivity contribution is 7.90. The van der Waals surface area contributed by atoms with E-state index in [1.165, 1.54) is 19.7 Å². The van der Waals surface area contributed by atoms with E-state index in [9.17, 15) is 8.42 Å². The Labute approximate surface area is 182 Å². The summed E-state index contributed by atoms with van der Waals surface area (Å²) in [5, 5.41) is 9.09. The summed E-state index contributed by atoms with van der Waals surface area (Å²) in [6.45, 7) is 3.61. The molecule has 0 aliphatic carbocycles. The molecular weight excluding hydrogens is 414 g/mol. The van der Waals surface area contributed by atoms with Crippen LogP contribution in [0.5, 0.6) is 0 Å². The van der Waals surface area contributed by atoms with Gasteiger partial charge in [-0.15, -0.1) is 0 Å². The molecule has 2 aromatic heterocycles. The lowest BCUT2D eigenvalue weighted by molar-refractivity contribution is 0.331. The van der Waals surface area contributed by atoms with Crippen molar-refractivity contribution >= 4 is 37.8 Å². The number of nitrogens with one attached hydrogen (secondary N) is 2. The van der Waals surface area contributed by atoms with Gasteiger partial charge >= 0.3 is 10.2 Å². The van der Waals surface area contributed by atoms with Gasteiger partial charge in [-0.1, -0.05) is 6.07 Å². The number of nitrogens with zero attached hydrogens (tertiary/aromatic N) is 3. The first kappa shape index (κ1) is 21.4. The van der Waals surface area contributed by atoms with Gasteiger partial charge < -0.3 is 9.32 Å². The maximum absolute atomic E-state index is 12.2. The Balaban J connectivity index is 1.49. The summed E-state index contributed by atoms with van der Waals surface area (Å²) in [6, 6.07) is 11.7. The summed E-state index contributed by atoms with van der Waals surface area (Å²) in [4.78, 5) is 2.26. The minimum atomic E-state index is -3.56. The number of anilines is 1. The first-order chi connectivity index (χ1) is 14.7. The Bertz CT molecular complexity index is 1320. The van der Waals surface area contributed by atoms with Gasteiger partial charge in [-0.2, -0.15) is 17.8 Å². The zero-order valence-corrected chi connectivity index (χ0v) is 19.0. The largest absolute Gasteiger partial charge is 0.461 e. The van der Waals surface area contributed by atoms with Crippen molar-refractivity contribution in [2.75, 3.05) is 32.4 Å². The van der Waals surface area contributed by atoms with Crippen LogP contribution in [-0.4, -0.2) is 55.5 Å². The van der Waals surface area contributed by atoms with Crippen molar-refractivity contribution in [1.82, 2.24) is 19.4 Å². The van der Waals surface area contributed by atoms with Crippen LogP contribution < -0.4 is 4.72 Å². The van der Waals surface area contributed by atoms with Crippen LogP contribution in [0.1, 0.15) is 16.9 Å². The van der Waals surface area contributed by atoms with Crippen LogP contribution in [0.25, 0.3) is 21.9 Å². The Kier molecular flexibility index (Phi) is 5.74. The molecule has 4 rings (SSSR count). The maximum Gasteiger partial charge on any atom is 0.301 e. The molecule has 0 fully saturated rings. The van der Waals surface area contributed by atoms with Crippen molar-refractivity contribution in [2.45, 2.75) is 19.9 Å². The summed E-state index contributed by atoms with van der Waals surface area (Å²) in [6.07, 6.45) is 2.63. The number of hydrogen-bond acceptors (Lipinski definition) is 5. The van der Waals surface area contributed by atoms with Gasteiger partial charge in [0, 0.05) is 43.5 Å². The summed E-state index contributed by atoms with van der Waals surface area (Å²) < 4.78 is 34.0. The molecule has 0 amide bonds. The van der Waals surface area contributed by atoms with Crippen LogP contribution >= 0.6 is 0 Å². The molecule has 0 atom stereocenters. The first-order valence-electron chi connectivity index (χ1n) is 10.1. The molecule has 0 saturated heterocycles. The van der Waals surface area contributed by atoms with Gasteiger partial charge in [-0.05, 0) is 56.3 Å². The van der Waals surface area contributed by atoms with Gasteiger partial charge in [0.25, 0.3) is 0 Å². The van der Waals surface area contributed by atoms with Crippen LogP contribution in [0, 0.1) is 6.92 Å². The SMILES string of the molecule is Cc1oc2ccc(NS(=O)(=O)N(C)C)cc2c1CCN(C)Cc1ccc2[nH]ncc2c1. The lowest BCUT2D eigenvalue weighted by Gasteiger charge is -2.17. The van der Waals surface area contributed by atoms with Crippen LogP contribution in [0.2, 0.25) is 0 Å². The van der Waals surface area contributed by atoms with Crippen molar-refractivity contribution in [3.63, 3.8) is 0 Å². The van der Waals surface area contributed by atoms with Crippen LogP contribution in [0.3, 0.4) is 0 Å². The molecule has 0 bridgehead atoms. The van der Waals surface area contributed by atoms with Gasteiger partial charge in [0.2, 0.25) is 0 Å². The van der Waals surface area contributed by atoms with Crippen LogP contribution in [0.15, 0.2) is 47.0 Å². The zero-order valence-electron chi connectivity index (χ0n) is 18.1. The van der Waals surface area contributed by atoms with E-state index in [-0.39, 0.29) is 0 Å². The van der Waals surface area contributed by atoms with Crippen molar-refractivity contribution in [3.8, 4) is 0 Å². The summed E-state index contributed by atoms with van der Waals surface area (Å²) in [5.41, 5.74) is 4.63. The van der Waals surface area contributed by atoms with Crippen molar-refractivity contribution < 1.29 is 12.8 Å². The van der Waals surface area contributed by atoms with Crippen molar-refractivity contribution in [2.24, 2.45) is 0 Å². The monoisotopic (exact) mass is 441 g/mol. The molecule has 0 saturated carbocycles. The molecule has 0 radical (unpaired) electrons. The lowest BCUT2D eigenvalue weighted by atomic mass is 10.1. The van der Waals surface area contributed by atoms with E-state index in [2.05, 4.69) is 45.1 Å². The van der Waals surface area contributed by atoms with E-state index in [0.29, 0.717) is 5.69 Å². The Hall–Kier alpha value is -2.88. The number of furan rings is 1. The number of hydrogen-bond donors (Lipinski definition) is 2. The van der Waals surface area contributed by atoms with E-state index in [1.807, 2.05) is 25.3 Å². The van der Waals surface area contributed by atoms with Crippen LogP contribution in [-0.2, 0) is 23.2 Å². The average Bonchev–Trinajstić information content (AvgIpc) is 3.29. The van der Waals surface area contributed by atoms with Crippen molar-refractivity contribution in [1.29, 1.82) is 0 Å². The summed E-state index contributed by atoms with van der Waals surface area (Å²) in [7, 11) is 1.52. The third-order valence-electron chi connectivity index (χ3n) is 5.42. The van der Waals surface area contributed by atoms with E-state index < -0.39 is 10.2 Å². The molecule has 9 heteroatoms. The Morgan fingerprint density at radius 2 is 1.94 bits per heavy atom. The van der Waals surface area contributed by atoms with E-state index in [4.69, 9.17) is 4.42 Å². The molecule has 164 valence electrons. The fraction of sp³-hybridized carbons (Fsp3) is 0.318. The number of H-pyrrole nitrogens is 1. The standard InChI is InChI=1S/C22H27N5O3S/c1-15-19(9-10-27(4)14-16-5-7-21-17(11-16)13-23-24-21)20-12-18(6-8-22(20)30-15)25-31(28,29)26(2)3/h5-8,11-13,25H,9-10,14H2,1-4H3,(H,23,24). The minimum absolute atomic E-state index is 0.519. The lowest BCUT2D eigenvalue weighted by Crippen LogP contribution is -2.28. The van der Waals surface area contributed by atoms with E-state index >= 15 is 0 Å². The van der Waals surface area contributed by atoms with Crippen LogP contribution in [0.4, 0.5) is 5.69 Å². The number of aryl methyl sites for hydroxylation is 1. The zero-order chi connectivity index (χ0) is 22.2. The molecule has 4 aromatic rings. The third-order valence-corrected chi connectivity index (χ3v) is 6.88. The molecule has 0 aliphatic rings. The molecule has 2 N–H and O–H groups in total. The molecular formula is C22H27N5O3S. The predicted molar refractivity (Wildman–Crippen MR) is 123 cm³/mol. The van der Waals surface area contributed by atoms with Crippen molar-refractivity contribution in [3.05, 3.63) is 59.5 Å². The number of aromatic amines is 1. The average molecular weight is 442 g/mol. The van der Waals surface area contributed by atoms with Gasteiger partial charge in [-0.3, -0.25) is 9.82 Å². The van der Waals surface area contributed by atoms with Gasteiger partial charge in [0.15, 0.2) is 0 Å². The highest BCUT2D eigenvalue weighted by Gasteiger charge is 2.16. The van der Waals surface area contributed by atoms with Gasteiger partial charge in [-0.25, -0.2) is 0 Å². The van der Waals surface area contributed by atoms with Gasteiger partial charge in [0.1, 0.15) is 11.3 Å². The molecule has 2 aromatic carbocycles. The normalized spacial score (nSPS) is 12.5. The Morgan fingerprint density at radius 3 is 2.71 bits per heavy atom. The number of aromatic nitrogens is 2. The predicted octanol–water partition coefficient (Wildman–Crippen LogP) is 3.51.